The van der Waals surface area contributed by atoms with E-state index in [0.717, 1.165) is 12.8 Å². The molecule has 1 rings (SSSR count). The Hall–Kier alpha value is -0.240. The van der Waals surface area contributed by atoms with E-state index in [1.165, 1.54) is 4.31 Å². The molecule has 7 heteroatoms. The molecule has 1 aliphatic heterocycles. The monoisotopic (exact) mass is 293 g/mol. The van der Waals surface area contributed by atoms with Crippen molar-refractivity contribution in [3.8, 4) is 0 Å². The van der Waals surface area contributed by atoms with E-state index >= 15 is 0 Å². The number of hydrogen-bond donors (Lipinski definition) is 2. The molecule has 0 aliphatic carbocycles. The highest BCUT2D eigenvalue weighted by Crippen LogP contribution is 2.20. The lowest BCUT2D eigenvalue weighted by atomic mass is 10.0. The molecule has 2 atom stereocenters. The van der Waals surface area contributed by atoms with Crippen molar-refractivity contribution >= 4 is 27.4 Å². The van der Waals surface area contributed by atoms with Gasteiger partial charge in [0.05, 0.1) is 10.5 Å². The van der Waals surface area contributed by atoms with Crippen molar-refractivity contribution in [2.45, 2.75) is 45.6 Å². The van der Waals surface area contributed by atoms with Gasteiger partial charge in [-0.15, -0.1) is 0 Å². The third-order valence-electron chi connectivity index (χ3n) is 3.56. The molecule has 1 fully saturated rings. The van der Waals surface area contributed by atoms with Gasteiger partial charge in [-0.1, -0.05) is 26.1 Å². The number of thiocarbonyl (C=S) groups is 1. The van der Waals surface area contributed by atoms with Gasteiger partial charge in [-0.05, 0) is 32.1 Å². The van der Waals surface area contributed by atoms with Gasteiger partial charge >= 0.3 is 0 Å². The fourth-order valence-electron chi connectivity index (χ4n) is 2.01. The van der Waals surface area contributed by atoms with Gasteiger partial charge in [0.25, 0.3) is 10.2 Å². The highest BCUT2D eigenvalue weighted by atomic mass is 32.2. The molecule has 3 N–H and O–H groups in total. The Morgan fingerprint density at radius 1 is 1.61 bits per heavy atom. The van der Waals surface area contributed by atoms with E-state index in [1.807, 2.05) is 6.92 Å². The summed E-state index contributed by atoms with van der Waals surface area (Å²) in [5.41, 5.74) is 4.78. The summed E-state index contributed by atoms with van der Waals surface area (Å²) in [6.07, 6.45) is 2.51. The maximum absolute atomic E-state index is 12.3. The smallest absolute Gasteiger partial charge is 0.280 e. The van der Waals surface area contributed by atoms with Crippen LogP contribution in [0.5, 0.6) is 0 Å². The second kappa shape index (κ2) is 5.81. The fraction of sp³-hybridized carbons (Fsp3) is 0.909. The first kappa shape index (κ1) is 15.8. The molecule has 106 valence electrons. The first-order valence-corrected chi connectivity index (χ1v) is 8.15. The van der Waals surface area contributed by atoms with Gasteiger partial charge in [0, 0.05) is 13.1 Å². The molecule has 0 aromatic rings. The van der Waals surface area contributed by atoms with Crippen LogP contribution in [0, 0.1) is 5.92 Å². The van der Waals surface area contributed by atoms with E-state index in [2.05, 4.69) is 11.6 Å². The number of hydrogen-bond acceptors (Lipinski definition) is 3. The summed E-state index contributed by atoms with van der Waals surface area (Å²) in [4.78, 5) is 0.179. The summed E-state index contributed by atoms with van der Waals surface area (Å²) in [5, 5.41) is 0. The molecule has 1 aliphatic rings. The second-order valence-corrected chi connectivity index (χ2v) is 7.37. The molecule has 0 saturated carbocycles. The van der Waals surface area contributed by atoms with E-state index in [9.17, 15) is 8.42 Å². The highest BCUT2D eigenvalue weighted by Gasteiger charge is 2.35. The van der Waals surface area contributed by atoms with E-state index < -0.39 is 15.7 Å². The van der Waals surface area contributed by atoms with E-state index in [0.29, 0.717) is 25.4 Å². The lowest BCUT2D eigenvalue weighted by Gasteiger charge is -2.35. The average molecular weight is 293 g/mol. The van der Waals surface area contributed by atoms with Gasteiger partial charge in [-0.3, -0.25) is 0 Å². The average Bonchev–Trinajstić information content (AvgIpc) is 2.28. The normalized spacial score (nSPS) is 25.6. The zero-order chi connectivity index (χ0) is 14.0. The first-order valence-electron chi connectivity index (χ1n) is 6.30. The van der Waals surface area contributed by atoms with Crippen molar-refractivity contribution in [3.63, 3.8) is 0 Å². The lowest BCUT2D eigenvalue weighted by Crippen LogP contribution is -2.58. The molecule has 0 aromatic carbocycles. The number of rotatable bonds is 5. The lowest BCUT2D eigenvalue weighted by molar-refractivity contribution is 0.275. The zero-order valence-electron chi connectivity index (χ0n) is 11.3. The standard InChI is InChI=1S/C11H23N3O2S2/c1-4-11(3,10(12)17)13-18(15,16)14-7-5-6-9(2)8-14/h9,13H,4-8H2,1-3H3,(H2,12,17). The topological polar surface area (TPSA) is 75.4 Å². The van der Waals surface area contributed by atoms with Crippen molar-refractivity contribution < 1.29 is 8.42 Å². The van der Waals surface area contributed by atoms with Gasteiger partial charge in [0.2, 0.25) is 0 Å². The Labute approximate surface area is 115 Å². The Morgan fingerprint density at radius 2 is 2.22 bits per heavy atom. The summed E-state index contributed by atoms with van der Waals surface area (Å²) in [5.74, 6) is 0.396. The van der Waals surface area contributed by atoms with Gasteiger partial charge in [-0.25, -0.2) is 0 Å². The molecule has 0 bridgehead atoms. The van der Waals surface area contributed by atoms with Crippen LogP contribution in [-0.2, 0) is 10.2 Å². The summed E-state index contributed by atoms with van der Waals surface area (Å²) >= 11 is 4.95. The summed E-state index contributed by atoms with van der Waals surface area (Å²) < 4.78 is 28.8. The van der Waals surface area contributed by atoms with Crippen molar-refractivity contribution in [2.24, 2.45) is 11.7 Å². The molecule has 0 radical (unpaired) electrons. The van der Waals surface area contributed by atoms with Crippen LogP contribution in [0.15, 0.2) is 0 Å². The minimum atomic E-state index is -3.52. The third kappa shape index (κ3) is 3.63. The number of nitrogens with zero attached hydrogens (tertiary/aromatic N) is 1. The van der Waals surface area contributed by atoms with Crippen LogP contribution in [0.2, 0.25) is 0 Å². The maximum Gasteiger partial charge on any atom is 0.280 e. The maximum atomic E-state index is 12.3. The summed E-state index contributed by atoms with van der Waals surface area (Å²) in [6.45, 7) is 6.78. The van der Waals surface area contributed by atoms with E-state index in [-0.39, 0.29) is 4.99 Å². The molecular weight excluding hydrogens is 270 g/mol. The zero-order valence-corrected chi connectivity index (χ0v) is 12.9. The second-order valence-electron chi connectivity index (χ2n) is 5.26. The molecule has 2 unspecified atom stereocenters. The van der Waals surface area contributed by atoms with Crippen LogP contribution in [-0.4, -0.2) is 36.3 Å². The van der Waals surface area contributed by atoms with Gasteiger partial charge in [0.1, 0.15) is 0 Å². The Morgan fingerprint density at radius 3 is 2.67 bits per heavy atom. The Bertz CT molecular complexity index is 411. The van der Waals surface area contributed by atoms with Crippen molar-refractivity contribution in [1.29, 1.82) is 0 Å². The minimum Gasteiger partial charge on any atom is -0.392 e. The molecular formula is C11H23N3O2S2. The predicted octanol–water partition coefficient (Wildman–Crippen LogP) is 1.01. The molecule has 1 saturated heterocycles. The molecule has 0 spiro atoms. The van der Waals surface area contributed by atoms with Crippen molar-refractivity contribution in [3.05, 3.63) is 0 Å². The van der Waals surface area contributed by atoms with Crippen LogP contribution in [0.1, 0.15) is 40.0 Å². The summed E-state index contributed by atoms with van der Waals surface area (Å²) in [6, 6.07) is 0. The largest absolute Gasteiger partial charge is 0.392 e. The van der Waals surface area contributed by atoms with Gasteiger partial charge in [-0.2, -0.15) is 17.4 Å². The SMILES string of the molecule is CCC(C)(NS(=O)(=O)N1CCCC(C)C1)C(N)=S. The highest BCUT2D eigenvalue weighted by molar-refractivity contribution is 7.87. The van der Waals surface area contributed by atoms with Crippen LogP contribution in [0.3, 0.4) is 0 Å². The quantitative estimate of drug-likeness (QED) is 0.742. The molecule has 1 heterocycles. The Kier molecular flexibility index (Phi) is 5.11. The first-order chi connectivity index (χ1) is 8.21. The fourth-order valence-corrected chi connectivity index (χ4v) is 4.04. The molecule has 5 nitrogen and oxygen atoms in total. The van der Waals surface area contributed by atoms with Crippen molar-refractivity contribution in [2.75, 3.05) is 13.1 Å². The number of nitrogens with one attached hydrogen (secondary N) is 1. The van der Waals surface area contributed by atoms with Crippen LogP contribution in [0.4, 0.5) is 0 Å². The van der Waals surface area contributed by atoms with Crippen LogP contribution >= 0.6 is 12.2 Å². The van der Waals surface area contributed by atoms with Gasteiger partial charge < -0.3 is 5.73 Å². The molecule has 0 aromatic heterocycles. The third-order valence-corrected chi connectivity index (χ3v) is 5.74. The van der Waals surface area contributed by atoms with Crippen LogP contribution < -0.4 is 10.5 Å². The molecule has 0 amide bonds. The predicted molar refractivity (Wildman–Crippen MR) is 77.5 cm³/mol. The number of piperidine rings is 1. The van der Waals surface area contributed by atoms with Gasteiger partial charge in [0.15, 0.2) is 0 Å². The van der Waals surface area contributed by atoms with Crippen LogP contribution in [0.25, 0.3) is 0 Å². The molecule has 18 heavy (non-hydrogen) atoms. The Balaban J connectivity index is 2.84. The van der Waals surface area contributed by atoms with E-state index in [1.54, 1.807) is 6.92 Å². The minimum absolute atomic E-state index is 0.179. The summed E-state index contributed by atoms with van der Waals surface area (Å²) in [7, 11) is -3.52. The number of nitrogens with two attached hydrogens (primary N) is 1. The van der Waals surface area contributed by atoms with Crippen molar-refractivity contribution in [1.82, 2.24) is 9.03 Å². The van der Waals surface area contributed by atoms with E-state index in [4.69, 9.17) is 18.0 Å².